The van der Waals surface area contributed by atoms with E-state index >= 15 is 0 Å². The lowest BCUT2D eigenvalue weighted by atomic mass is 10.1. The Kier molecular flexibility index (Phi) is 12.6. The summed E-state index contributed by atoms with van der Waals surface area (Å²) in [6, 6.07) is 6.40. The average Bonchev–Trinajstić information content (AvgIpc) is 3.60. The van der Waals surface area contributed by atoms with Crippen molar-refractivity contribution in [2.45, 2.75) is 63.3 Å². The average molecular weight is 713 g/mol. The SMILES string of the molecule is N#C[C@@H]1CC(F)(F)CN1C(=O)CNC(=O)c1ccnc2c(NC(=O)CCC(=O)NCCNC(=O)CCCC(=O)ON3C(=O)CCC3=O)cccc12. The highest BCUT2D eigenvalue weighted by Gasteiger charge is 2.47. The number of amides is 7. The van der Waals surface area contributed by atoms with Crippen LogP contribution in [0.4, 0.5) is 14.5 Å². The smallest absolute Gasteiger partial charge is 0.333 e. The second-order valence-electron chi connectivity index (χ2n) is 11.6. The number of hydroxylamine groups is 2. The number of alkyl halides is 2. The minimum Gasteiger partial charge on any atom is -0.354 e. The number of carbonyl (C=O) groups excluding carboxylic acids is 8. The van der Waals surface area contributed by atoms with Gasteiger partial charge in [0.05, 0.1) is 35.9 Å². The number of halogens is 2. The zero-order chi connectivity index (χ0) is 37.1. The summed E-state index contributed by atoms with van der Waals surface area (Å²) in [6.45, 7) is -1.38. The Morgan fingerprint density at radius 2 is 1.59 bits per heavy atom. The molecule has 2 aliphatic rings. The van der Waals surface area contributed by atoms with E-state index in [1.54, 1.807) is 18.2 Å². The van der Waals surface area contributed by atoms with E-state index in [2.05, 4.69) is 26.3 Å². The molecule has 0 bridgehead atoms. The second kappa shape index (κ2) is 17.0. The van der Waals surface area contributed by atoms with Crippen molar-refractivity contribution in [2.24, 2.45) is 0 Å². The number of pyridine rings is 1. The van der Waals surface area contributed by atoms with E-state index in [9.17, 15) is 47.1 Å². The molecule has 0 aliphatic carbocycles. The van der Waals surface area contributed by atoms with Crippen molar-refractivity contribution < 1.29 is 52.0 Å². The summed E-state index contributed by atoms with van der Waals surface area (Å²) < 4.78 is 27.4. The maximum absolute atomic E-state index is 13.7. The zero-order valence-corrected chi connectivity index (χ0v) is 27.2. The maximum Gasteiger partial charge on any atom is 0.333 e. The van der Waals surface area contributed by atoms with Gasteiger partial charge in [0.1, 0.15) is 6.04 Å². The normalized spacial score (nSPS) is 16.4. The summed E-state index contributed by atoms with van der Waals surface area (Å²) in [4.78, 5) is 107. The number of hydrogen-bond donors (Lipinski definition) is 4. The largest absolute Gasteiger partial charge is 0.354 e. The lowest BCUT2D eigenvalue weighted by Crippen LogP contribution is -2.43. The molecule has 7 amide bonds. The van der Waals surface area contributed by atoms with Crippen LogP contribution in [0.25, 0.3) is 10.9 Å². The molecule has 0 radical (unpaired) electrons. The first-order valence-corrected chi connectivity index (χ1v) is 15.9. The van der Waals surface area contributed by atoms with Crippen LogP contribution in [-0.2, 0) is 38.4 Å². The summed E-state index contributed by atoms with van der Waals surface area (Å²) in [5.74, 6) is -8.13. The van der Waals surface area contributed by atoms with Crippen molar-refractivity contribution in [3.8, 4) is 6.07 Å². The van der Waals surface area contributed by atoms with Gasteiger partial charge in [0.2, 0.25) is 23.6 Å². The molecule has 0 saturated carbocycles. The highest BCUT2D eigenvalue weighted by atomic mass is 19.3. The number of hydrogen-bond acceptors (Lipinski definition) is 11. The molecule has 1 atom stereocenters. The van der Waals surface area contributed by atoms with Crippen LogP contribution in [0.15, 0.2) is 30.5 Å². The molecule has 19 heteroatoms. The third-order valence-electron chi connectivity index (χ3n) is 7.76. The number of likely N-dealkylation sites (tertiary alicyclic amines) is 1. The molecular weight excluding hydrogens is 678 g/mol. The van der Waals surface area contributed by atoms with E-state index in [4.69, 9.17) is 10.1 Å². The van der Waals surface area contributed by atoms with E-state index in [1.807, 2.05) is 0 Å². The van der Waals surface area contributed by atoms with Gasteiger partial charge in [-0.25, -0.2) is 13.6 Å². The predicted octanol–water partition coefficient (Wildman–Crippen LogP) is 0.453. The quantitative estimate of drug-likeness (QED) is 0.146. The van der Waals surface area contributed by atoms with Gasteiger partial charge in [-0.3, -0.25) is 38.5 Å². The van der Waals surface area contributed by atoms with Crippen LogP contribution in [0.3, 0.4) is 0 Å². The van der Waals surface area contributed by atoms with Gasteiger partial charge < -0.3 is 31.0 Å². The lowest BCUT2D eigenvalue weighted by Gasteiger charge is -2.19. The number of para-hydroxylation sites is 1. The first-order valence-electron chi connectivity index (χ1n) is 15.9. The molecule has 1 aromatic carbocycles. The van der Waals surface area contributed by atoms with Gasteiger partial charge in [-0.15, -0.1) is 5.06 Å². The molecule has 2 aromatic rings. The van der Waals surface area contributed by atoms with E-state index in [-0.39, 0.29) is 74.8 Å². The molecule has 2 saturated heterocycles. The van der Waals surface area contributed by atoms with Gasteiger partial charge in [-0.2, -0.15) is 5.26 Å². The van der Waals surface area contributed by atoms with Gasteiger partial charge in [0.25, 0.3) is 23.6 Å². The molecule has 4 N–H and O–H groups in total. The Bertz CT molecular complexity index is 1760. The molecule has 51 heavy (non-hydrogen) atoms. The summed E-state index contributed by atoms with van der Waals surface area (Å²) in [6.07, 6.45) is -0.0183. The third kappa shape index (κ3) is 10.5. The monoisotopic (exact) mass is 712 g/mol. The first kappa shape index (κ1) is 37.8. The Balaban J connectivity index is 1.15. The third-order valence-corrected chi connectivity index (χ3v) is 7.76. The second-order valence-corrected chi connectivity index (χ2v) is 11.6. The number of benzene rings is 1. The number of nitriles is 1. The van der Waals surface area contributed by atoms with Gasteiger partial charge >= 0.3 is 5.97 Å². The van der Waals surface area contributed by atoms with Crippen molar-refractivity contribution in [3.63, 3.8) is 0 Å². The number of fused-ring (bicyclic) bond motifs is 1. The standard InChI is InChI=1S/C32H34F2N8O9/c33-32(34)15-19(16-35)41(18-32)28(48)17-39-31(50)21-11-12-38-30-20(21)3-1-4-22(30)40-25(45)8-7-24(44)37-14-13-36-23(43)5-2-6-29(49)51-42-26(46)9-10-27(42)47/h1,3-4,11-12,19H,2,5-10,13-15,17-18H2,(H,36,43)(H,37,44)(H,39,50)(H,40,45)/t19-/m0/s1. The Labute approximate surface area is 289 Å². The Morgan fingerprint density at radius 1 is 0.922 bits per heavy atom. The van der Waals surface area contributed by atoms with Crippen molar-refractivity contribution in [1.29, 1.82) is 5.26 Å². The minimum atomic E-state index is -3.20. The van der Waals surface area contributed by atoms with E-state index in [0.29, 0.717) is 10.4 Å². The summed E-state index contributed by atoms with van der Waals surface area (Å²) in [7, 11) is 0. The summed E-state index contributed by atoms with van der Waals surface area (Å²) in [5.41, 5.74) is 0.575. The van der Waals surface area contributed by atoms with E-state index < -0.39 is 78.8 Å². The zero-order valence-electron chi connectivity index (χ0n) is 27.2. The van der Waals surface area contributed by atoms with E-state index in [0.717, 1.165) is 4.90 Å². The first-order chi connectivity index (χ1) is 24.3. The molecule has 0 unspecified atom stereocenters. The van der Waals surface area contributed by atoms with Crippen molar-refractivity contribution in [2.75, 3.05) is 31.5 Å². The number of nitrogens with zero attached hydrogens (tertiary/aromatic N) is 4. The Morgan fingerprint density at radius 3 is 2.27 bits per heavy atom. The van der Waals surface area contributed by atoms with Crippen molar-refractivity contribution >= 4 is 63.9 Å². The lowest BCUT2D eigenvalue weighted by molar-refractivity contribution is -0.197. The van der Waals surface area contributed by atoms with Crippen LogP contribution in [-0.4, -0.2) is 100 Å². The molecule has 1 aromatic heterocycles. The molecular formula is C32H34F2N8O9. The molecule has 3 heterocycles. The van der Waals surface area contributed by atoms with Gasteiger partial charge in [-0.05, 0) is 18.6 Å². The predicted molar refractivity (Wildman–Crippen MR) is 170 cm³/mol. The van der Waals surface area contributed by atoms with Crippen LogP contribution in [0.2, 0.25) is 0 Å². The number of nitrogens with one attached hydrogen (secondary N) is 4. The molecule has 4 rings (SSSR count). The van der Waals surface area contributed by atoms with Crippen molar-refractivity contribution in [3.05, 3.63) is 36.0 Å². The van der Waals surface area contributed by atoms with Gasteiger partial charge in [-0.1, -0.05) is 12.1 Å². The minimum absolute atomic E-state index is 0.0246. The van der Waals surface area contributed by atoms with Crippen LogP contribution >= 0.6 is 0 Å². The van der Waals surface area contributed by atoms with Crippen LogP contribution in [0, 0.1) is 11.3 Å². The highest BCUT2D eigenvalue weighted by Crippen LogP contribution is 2.31. The van der Waals surface area contributed by atoms with Crippen LogP contribution in [0.5, 0.6) is 0 Å². The molecule has 2 fully saturated rings. The number of carbonyl (C=O) groups is 8. The van der Waals surface area contributed by atoms with Gasteiger partial charge in [0, 0.05) is 69.6 Å². The van der Waals surface area contributed by atoms with Crippen LogP contribution in [0.1, 0.15) is 61.7 Å². The number of imide groups is 1. The highest BCUT2D eigenvalue weighted by molar-refractivity contribution is 6.11. The Hall–Kier alpha value is -6.06. The van der Waals surface area contributed by atoms with Crippen molar-refractivity contribution in [1.82, 2.24) is 30.9 Å². The number of aromatic nitrogens is 1. The molecule has 2 aliphatic heterocycles. The fourth-order valence-corrected chi connectivity index (χ4v) is 5.24. The van der Waals surface area contributed by atoms with Crippen LogP contribution < -0.4 is 21.3 Å². The number of rotatable bonds is 15. The van der Waals surface area contributed by atoms with Gasteiger partial charge in [0.15, 0.2) is 0 Å². The molecule has 0 spiro atoms. The summed E-state index contributed by atoms with van der Waals surface area (Å²) in [5, 5.41) is 20.0. The molecule has 270 valence electrons. The maximum atomic E-state index is 13.7. The fourth-order valence-electron chi connectivity index (χ4n) is 5.24. The summed E-state index contributed by atoms with van der Waals surface area (Å²) >= 11 is 0. The number of anilines is 1. The topological polar surface area (TPSA) is 237 Å². The van der Waals surface area contributed by atoms with E-state index in [1.165, 1.54) is 18.3 Å². The molecule has 17 nitrogen and oxygen atoms in total. The fraction of sp³-hybridized carbons (Fsp3) is 0.438.